The molecule has 2 aromatic carbocycles. The number of halogens is 1. The minimum absolute atomic E-state index is 0.0451. The van der Waals surface area contributed by atoms with Crippen LogP contribution in [0.5, 0.6) is 0 Å². The number of nitrogens with zero attached hydrogens (tertiary/aromatic N) is 7. The normalized spacial score (nSPS) is 17.1. The van der Waals surface area contributed by atoms with Crippen LogP contribution in [-0.4, -0.2) is 37.7 Å². The first-order valence-corrected chi connectivity index (χ1v) is 13.4. The molecule has 3 aromatic heterocycles. The summed E-state index contributed by atoms with van der Waals surface area (Å²) in [6.07, 6.45) is 6.33. The Kier molecular flexibility index (Phi) is 6.47. The monoisotopic (exact) mass is 545 g/mol. The number of anilines is 2. The Morgan fingerprint density at radius 2 is 1.90 bits per heavy atom. The van der Waals surface area contributed by atoms with E-state index in [1.807, 2.05) is 30.3 Å². The van der Waals surface area contributed by atoms with Gasteiger partial charge in [-0.25, -0.2) is 9.07 Å². The van der Waals surface area contributed by atoms with Crippen molar-refractivity contribution in [2.75, 3.05) is 17.2 Å². The minimum atomic E-state index is -0.917. The largest absolute Gasteiger partial charge is 0.383 e. The van der Waals surface area contributed by atoms with Gasteiger partial charge in [-0.3, -0.25) is 9.97 Å². The van der Waals surface area contributed by atoms with Gasteiger partial charge in [0.1, 0.15) is 24.0 Å². The third-order valence-electron chi connectivity index (χ3n) is 7.19. The molecule has 204 valence electrons. The molecule has 1 unspecified atom stereocenters. The first-order valence-electron chi connectivity index (χ1n) is 13.4. The van der Waals surface area contributed by atoms with Crippen LogP contribution < -0.4 is 10.6 Å². The summed E-state index contributed by atoms with van der Waals surface area (Å²) in [5.41, 5.74) is 4.05. The van der Waals surface area contributed by atoms with Crippen molar-refractivity contribution >= 4 is 33.1 Å². The zero-order valence-electron chi connectivity index (χ0n) is 22.9. The maximum Gasteiger partial charge on any atom is 0.125 e. The summed E-state index contributed by atoms with van der Waals surface area (Å²) in [4.78, 5) is 8.72. The summed E-state index contributed by atoms with van der Waals surface area (Å²) in [6.45, 7) is 6.93. The zero-order valence-corrected chi connectivity index (χ0v) is 22.9. The smallest absolute Gasteiger partial charge is 0.125 e. The van der Waals surface area contributed by atoms with Gasteiger partial charge in [0.05, 0.1) is 40.6 Å². The first kappa shape index (κ1) is 26.1. The maximum absolute atomic E-state index is 13.8. The number of benzene rings is 2. The second-order valence-electron chi connectivity index (χ2n) is 11.6. The molecule has 5 aromatic rings. The molecule has 41 heavy (non-hydrogen) atoms. The van der Waals surface area contributed by atoms with E-state index in [0.717, 1.165) is 16.3 Å². The topological polar surface area (TPSA) is 128 Å². The number of aromatic nitrogens is 5. The molecule has 1 saturated carbocycles. The molecule has 6 rings (SSSR count). The Balaban J connectivity index is 1.50. The second kappa shape index (κ2) is 10.1. The van der Waals surface area contributed by atoms with Crippen molar-refractivity contribution in [1.82, 2.24) is 25.0 Å². The Morgan fingerprint density at radius 1 is 1.10 bits per heavy atom. The fourth-order valence-corrected chi connectivity index (χ4v) is 4.99. The van der Waals surface area contributed by atoms with Crippen molar-refractivity contribution in [1.29, 1.82) is 10.5 Å². The molecule has 0 spiro atoms. The number of fused-ring (bicyclic) bond motifs is 2. The van der Waals surface area contributed by atoms with Crippen molar-refractivity contribution in [2.45, 2.75) is 45.4 Å². The van der Waals surface area contributed by atoms with Crippen molar-refractivity contribution in [3.05, 3.63) is 83.6 Å². The summed E-state index contributed by atoms with van der Waals surface area (Å²) >= 11 is 0. The molecule has 9 nitrogen and oxygen atoms in total. The molecule has 2 N–H and O–H groups in total. The van der Waals surface area contributed by atoms with Gasteiger partial charge < -0.3 is 10.6 Å². The molecule has 0 saturated heterocycles. The van der Waals surface area contributed by atoms with E-state index >= 15 is 0 Å². The molecule has 0 radical (unpaired) electrons. The lowest BCUT2D eigenvalue weighted by Crippen LogP contribution is -2.20. The number of hydrogen-bond donors (Lipinski definition) is 2. The van der Waals surface area contributed by atoms with E-state index in [9.17, 15) is 14.9 Å². The number of pyridine rings is 2. The average Bonchev–Trinajstić information content (AvgIpc) is 3.50. The third-order valence-corrected chi connectivity index (χ3v) is 7.19. The molecule has 3 atom stereocenters. The Hall–Kier alpha value is -5.09. The van der Waals surface area contributed by atoms with Crippen LogP contribution >= 0.6 is 0 Å². The van der Waals surface area contributed by atoms with Crippen LogP contribution in [0.1, 0.15) is 61.7 Å². The Bertz CT molecular complexity index is 1850. The highest BCUT2D eigenvalue weighted by atomic mass is 19.1. The molecule has 3 heterocycles. The van der Waals surface area contributed by atoms with Crippen molar-refractivity contribution in [3.8, 4) is 12.1 Å². The fourth-order valence-electron chi connectivity index (χ4n) is 4.99. The molecule has 10 heteroatoms. The van der Waals surface area contributed by atoms with Crippen LogP contribution in [0.3, 0.4) is 0 Å². The molecule has 0 aliphatic heterocycles. The van der Waals surface area contributed by atoms with E-state index in [4.69, 9.17) is 0 Å². The number of nitriles is 2. The Labute approximate surface area is 236 Å². The summed E-state index contributed by atoms with van der Waals surface area (Å²) in [5.74, 6) is 0. The quantitative estimate of drug-likeness (QED) is 0.253. The fraction of sp³-hybridized carbons (Fsp3) is 0.290. The van der Waals surface area contributed by atoms with Crippen LogP contribution in [-0.2, 0) is 0 Å². The summed E-state index contributed by atoms with van der Waals surface area (Å²) in [5, 5.41) is 38.2. The summed E-state index contributed by atoms with van der Waals surface area (Å²) in [7, 11) is 0. The van der Waals surface area contributed by atoms with E-state index in [2.05, 4.69) is 63.8 Å². The van der Waals surface area contributed by atoms with E-state index < -0.39 is 12.2 Å². The number of nitrogens with one attached hydrogen (secondary N) is 2. The van der Waals surface area contributed by atoms with Gasteiger partial charge in [-0.2, -0.15) is 10.5 Å². The van der Waals surface area contributed by atoms with Crippen LogP contribution in [0.25, 0.3) is 21.7 Å². The molecule has 1 aliphatic carbocycles. The van der Waals surface area contributed by atoms with Gasteiger partial charge in [0, 0.05) is 48.0 Å². The number of rotatable bonds is 7. The van der Waals surface area contributed by atoms with Crippen LogP contribution in [0.2, 0.25) is 0 Å². The van der Waals surface area contributed by atoms with Crippen molar-refractivity contribution in [2.24, 2.45) is 5.41 Å². The zero-order chi connectivity index (χ0) is 28.7. The van der Waals surface area contributed by atoms with Gasteiger partial charge in [-0.1, -0.05) is 44.2 Å². The lowest BCUT2D eigenvalue weighted by atomic mass is 9.96. The molecular formula is C31H28FN9. The Morgan fingerprint density at radius 3 is 2.63 bits per heavy atom. The van der Waals surface area contributed by atoms with E-state index in [-0.39, 0.29) is 11.5 Å². The predicted molar refractivity (Wildman–Crippen MR) is 155 cm³/mol. The van der Waals surface area contributed by atoms with Gasteiger partial charge in [-0.05, 0) is 34.6 Å². The maximum atomic E-state index is 13.8. The summed E-state index contributed by atoms with van der Waals surface area (Å²) < 4.78 is 15.4. The minimum Gasteiger partial charge on any atom is -0.383 e. The highest BCUT2D eigenvalue weighted by molar-refractivity contribution is 5.99. The van der Waals surface area contributed by atoms with E-state index in [1.165, 1.54) is 6.20 Å². The van der Waals surface area contributed by atoms with Crippen LogP contribution in [0.4, 0.5) is 15.8 Å². The van der Waals surface area contributed by atoms with Gasteiger partial charge >= 0.3 is 0 Å². The molecule has 0 bridgehead atoms. The standard InChI is InChI=1S/C31H28FN9/c1-31(2,3)17-37-29-20(13-34)15-36-28-19(12-33)9-21(10-24(28)29)38-30(26-16-41(40-39-26)27-11-25(27)32)23-6-4-5-18-14-35-8-7-22(18)23/h4-10,14-16,25,27,30,38H,11,17H2,1-3H3,(H,36,37)/t25-,27-,30?/m0/s1. The number of hydrogen-bond acceptors (Lipinski definition) is 8. The van der Waals surface area contributed by atoms with Crippen molar-refractivity contribution in [3.63, 3.8) is 0 Å². The van der Waals surface area contributed by atoms with Gasteiger partial charge in [0.15, 0.2) is 0 Å². The average molecular weight is 546 g/mol. The number of alkyl halides is 1. The van der Waals surface area contributed by atoms with Gasteiger partial charge in [0.25, 0.3) is 0 Å². The highest BCUT2D eigenvalue weighted by Gasteiger charge is 2.40. The molecule has 0 amide bonds. The van der Waals surface area contributed by atoms with Crippen LogP contribution in [0.15, 0.2) is 61.2 Å². The van der Waals surface area contributed by atoms with Gasteiger partial charge in [-0.15, -0.1) is 5.10 Å². The lowest BCUT2D eigenvalue weighted by Gasteiger charge is -2.23. The van der Waals surface area contributed by atoms with Crippen molar-refractivity contribution < 1.29 is 4.39 Å². The molecular weight excluding hydrogens is 517 g/mol. The highest BCUT2D eigenvalue weighted by Crippen LogP contribution is 2.40. The SMILES string of the molecule is CC(C)(C)CNc1c(C#N)cnc2c(C#N)cc(NC(c3cn([C@H]4C[C@@H]4F)nn3)c3cccc4cnccc34)cc12. The second-order valence-corrected chi connectivity index (χ2v) is 11.6. The van der Waals surface area contributed by atoms with E-state index in [1.54, 1.807) is 29.3 Å². The van der Waals surface area contributed by atoms with Crippen LogP contribution in [0, 0.1) is 28.1 Å². The van der Waals surface area contributed by atoms with E-state index in [0.29, 0.717) is 52.1 Å². The first-order chi connectivity index (χ1) is 19.8. The summed E-state index contributed by atoms with van der Waals surface area (Å²) in [6, 6.07) is 15.3. The third kappa shape index (κ3) is 5.12. The lowest BCUT2D eigenvalue weighted by molar-refractivity contribution is 0.425. The molecule has 1 aliphatic rings. The predicted octanol–water partition coefficient (Wildman–Crippen LogP) is 6.06. The van der Waals surface area contributed by atoms with Gasteiger partial charge in [0.2, 0.25) is 0 Å². The molecule has 1 fully saturated rings.